The molecule has 0 aliphatic rings. The van der Waals surface area contributed by atoms with Gasteiger partial charge >= 0.3 is 0 Å². The lowest BCUT2D eigenvalue weighted by Crippen LogP contribution is -2.19. The summed E-state index contributed by atoms with van der Waals surface area (Å²) in [5.74, 6) is -0.957. The lowest BCUT2D eigenvalue weighted by molar-refractivity contribution is 0.0952. The van der Waals surface area contributed by atoms with Crippen LogP contribution >= 0.6 is 0 Å². The third-order valence-corrected chi connectivity index (χ3v) is 4.11. The van der Waals surface area contributed by atoms with E-state index in [1.54, 1.807) is 50.2 Å². The van der Waals surface area contributed by atoms with Crippen LogP contribution in [-0.4, -0.2) is 17.5 Å². The first-order valence-corrected chi connectivity index (χ1v) is 8.50. The van der Waals surface area contributed by atoms with E-state index in [0.29, 0.717) is 22.7 Å². The van der Waals surface area contributed by atoms with Crippen LogP contribution in [-0.2, 0) is 0 Å². The fourth-order valence-corrected chi connectivity index (χ4v) is 2.52. The Hall–Kier alpha value is -3.74. The largest absolute Gasteiger partial charge is 0.469 e. The third-order valence-electron chi connectivity index (χ3n) is 4.11. The van der Waals surface area contributed by atoms with Gasteiger partial charge in [-0.15, -0.1) is 0 Å². The molecule has 0 unspecified atom stereocenters. The van der Waals surface area contributed by atoms with Crippen molar-refractivity contribution in [1.82, 2.24) is 5.43 Å². The van der Waals surface area contributed by atoms with E-state index in [0.717, 1.165) is 5.56 Å². The first-order valence-electron chi connectivity index (χ1n) is 8.50. The number of anilines is 1. The van der Waals surface area contributed by atoms with Crippen molar-refractivity contribution >= 4 is 23.2 Å². The monoisotopic (exact) mass is 379 g/mol. The van der Waals surface area contributed by atoms with E-state index in [4.69, 9.17) is 4.42 Å². The van der Waals surface area contributed by atoms with Gasteiger partial charge in [0, 0.05) is 5.69 Å². The Morgan fingerprint density at radius 2 is 1.68 bits per heavy atom. The van der Waals surface area contributed by atoms with E-state index in [9.17, 15) is 14.0 Å². The molecule has 0 aliphatic heterocycles. The molecule has 3 aromatic rings. The Balaban J connectivity index is 1.65. The zero-order valence-corrected chi connectivity index (χ0v) is 15.3. The lowest BCUT2D eigenvalue weighted by atomic mass is 10.1. The van der Waals surface area contributed by atoms with Crippen molar-refractivity contribution in [2.75, 3.05) is 5.32 Å². The number of carbonyl (C=O) groups is 2. The Kier molecular flexibility index (Phi) is 5.64. The molecule has 142 valence electrons. The number of nitrogens with one attached hydrogen (secondary N) is 2. The topological polar surface area (TPSA) is 83.7 Å². The second-order valence-electron chi connectivity index (χ2n) is 6.04. The quantitative estimate of drug-likeness (QED) is 0.516. The van der Waals surface area contributed by atoms with Crippen LogP contribution in [0.15, 0.2) is 70.4 Å². The summed E-state index contributed by atoms with van der Waals surface area (Å²) in [6, 6.07) is 14.2. The molecule has 2 aromatic carbocycles. The predicted molar refractivity (Wildman–Crippen MR) is 104 cm³/mol. The van der Waals surface area contributed by atoms with Gasteiger partial charge in [-0.1, -0.05) is 24.3 Å². The summed E-state index contributed by atoms with van der Waals surface area (Å²) in [4.78, 5) is 24.2. The molecule has 0 fully saturated rings. The first-order chi connectivity index (χ1) is 13.5. The summed E-state index contributed by atoms with van der Waals surface area (Å²) in [6.07, 6.45) is 1.44. The molecule has 2 N–H and O–H groups in total. The molecule has 28 heavy (non-hydrogen) atoms. The van der Waals surface area contributed by atoms with Gasteiger partial charge in [0.1, 0.15) is 11.6 Å². The van der Waals surface area contributed by atoms with Crippen LogP contribution in [0.1, 0.15) is 39.0 Å². The Labute approximate surface area is 161 Å². The second kappa shape index (κ2) is 8.30. The molecule has 0 aliphatic carbocycles. The Morgan fingerprint density at radius 1 is 0.964 bits per heavy atom. The average Bonchev–Trinajstić information content (AvgIpc) is 3.12. The maximum atomic E-state index is 13.7. The van der Waals surface area contributed by atoms with Crippen molar-refractivity contribution in [2.24, 2.45) is 5.10 Å². The number of benzene rings is 2. The van der Waals surface area contributed by atoms with Gasteiger partial charge in [-0.3, -0.25) is 9.59 Å². The molecule has 0 bridgehead atoms. The SMILES string of the molecule is CC(=NNC(=O)c1ccoc1C)c1ccc(NC(=O)c2ccccc2F)cc1. The highest BCUT2D eigenvalue weighted by Gasteiger charge is 2.12. The third kappa shape index (κ3) is 4.32. The minimum Gasteiger partial charge on any atom is -0.469 e. The molecule has 0 atom stereocenters. The predicted octanol–water partition coefficient (Wildman–Crippen LogP) is 4.13. The lowest BCUT2D eigenvalue weighted by Gasteiger charge is -2.07. The van der Waals surface area contributed by atoms with Gasteiger partial charge < -0.3 is 9.73 Å². The van der Waals surface area contributed by atoms with Crippen molar-refractivity contribution in [1.29, 1.82) is 0 Å². The maximum Gasteiger partial charge on any atom is 0.274 e. The van der Waals surface area contributed by atoms with Crippen LogP contribution in [0, 0.1) is 12.7 Å². The van der Waals surface area contributed by atoms with Crippen LogP contribution in [0.25, 0.3) is 0 Å². The van der Waals surface area contributed by atoms with Gasteiger partial charge in [-0.2, -0.15) is 5.10 Å². The number of amides is 2. The molecule has 1 aromatic heterocycles. The van der Waals surface area contributed by atoms with Gasteiger partial charge in [-0.05, 0) is 49.7 Å². The summed E-state index contributed by atoms with van der Waals surface area (Å²) in [5, 5.41) is 6.72. The number of furan rings is 1. The zero-order chi connectivity index (χ0) is 20.1. The molecule has 0 saturated carbocycles. The molecule has 0 spiro atoms. The minimum atomic E-state index is -0.580. The highest BCUT2D eigenvalue weighted by Crippen LogP contribution is 2.14. The van der Waals surface area contributed by atoms with Crippen molar-refractivity contribution in [2.45, 2.75) is 13.8 Å². The van der Waals surface area contributed by atoms with Gasteiger partial charge in [0.05, 0.1) is 23.1 Å². The minimum absolute atomic E-state index is 0.0263. The van der Waals surface area contributed by atoms with Crippen molar-refractivity contribution in [3.63, 3.8) is 0 Å². The summed E-state index contributed by atoms with van der Waals surface area (Å²) in [6.45, 7) is 3.44. The molecule has 0 saturated heterocycles. The van der Waals surface area contributed by atoms with E-state index >= 15 is 0 Å². The molecule has 3 rings (SSSR count). The van der Waals surface area contributed by atoms with Crippen molar-refractivity contribution < 1.29 is 18.4 Å². The van der Waals surface area contributed by atoms with Crippen LogP contribution in [0.5, 0.6) is 0 Å². The Morgan fingerprint density at radius 3 is 2.32 bits per heavy atom. The number of aryl methyl sites for hydroxylation is 1. The van der Waals surface area contributed by atoms with E-state index in [2.05, 4.69) is 15.8 Å². The van der Waals surface area contributed by atoms with Crippen molar-refractivity contribution in [3.8, 4) is 0 Å². The molecule has 2 amide bonds. The normalized spacial score (nSPS) is 11.2. The van der Waals surface area contributed by atoms with Gasteiger partial charge in [0.25, 0.3) is 11.8 Å². The van der Waals surface area contributed by atoms with Crippen LogP contribution in [0.2, 0.25) is 0 Å². The van der Waals surface area contributed by atoms with Crippen LogP contribution in [0.3, 0.4) is 0 Å². The number of hydrogen-bond acceptors (Lipinski definition) is 4. The fourth-order valence-electron chi connectivity index (χ4n) is 2.52. The number of hydrazone groups is 1. The van der Waals surface area contributed by atoms with E-state index < -0.39 is 11.7 Å². The molecule has 6 nitrogen and oxygen atoms in total. The molecule has 7 heteroatoms. The number of nitrogens with zero attached hydrogens (tertiary/aromatic N) is 1. The number of rotatable bonds is 5. The smallest absolute Gasteiger partial charge is 0.274 e. The molecule has 0 radical (unpaired) electrons. The van der Waals surface area contributed by atoms with Gasteiger partial charge in [0.2, 0.25) is 0 Å². The van der Waals surface area contributed by atoms with Gasteiger partial charge in [0.15, 0.2) is 0 Å². The Bertz CT molecular complexity index is 1040. The standard InChI is InChI=1S/C21H18FN3O3/c1-13(24-25-21(27)17-11-12-28-14(17)2)15-7-9-16(10-8-15)23-20(26)18-5-3-4-6-19(18)22/h3-12H,1-2H3,(H,23,26)(H,25,27). The fraction of sp³-hybridized carbons (Fsp3) is 0.0952. The highest BCUT2D eigenvalue weighted by molar-refractivity contribution is 6.05. The summed E-state index contributed by atoms with van der Waals surface area (Å²) in [7, 11) is 0. The number of halogens is 1. The van der Waals surface area contributed by atoms with E-state index in [-0.39, 0.29) is 11.5 Å². The highest BCUT2D eigenvalue weighted by atomic mass is 19.1. The number of carbonyl (C=O) groups excluding carboxylic acids is 2. The van der Waals surface area contributed by atoms with E-state index in [1.807, 2.05) is 0 Å². The van der Waals surface area contributed by atoms with Crippen LogP contribution < -0.4 is 10.7 Å². The van der Waals surface area contributed by atoms with Crippen molar-refractivity contribution in [3.05, 3.63) is 89.1 Å². The second-order valence-corrected chi connectivity index (χ2v) is 6.04. The number of hydrogen-bond donors (Lipinski definition) is 2. The molecule has 1 heterocycles. The zero-order valence-electron chi connectivity index (χ0n) is 15.3. The van der Waals surface area contributed by atoms with Crippen LogP contribution in [0.4, 0.5) is 10.1 Å². The average molecular weight is 379 g/mol. The summed E-state index contributed by atoms with van der Waals surface area (Å²) in [5.41, 5.74) is 4.73. The summed E-state index contributed by atoms with van der Waals surface area (Å²) < 4.78 is 18.8. The van der Waals surface area contributed by atoms with E-state index in [1.165, 1.54) is 24.5 Å². The molecular weight excluding hydrogens is 361 g/mol. The maximum absolute atomic E-state index is 13.7. The summed E-state index contributed by atoms with van der Waals surface area (Å²) >= 11 is 0. The first kappa shape index (κ1) is 19.0. The molecular formula is C21H18FN3O3. The van der Waals surface area contributed by atoms with Gasteiger partial charge in [-0.25, -0.2) is 9.82 Å².